The number of nitrogens with one attached hydrogen (secondary N) is 2. The highest BCUT2D eigenvalue weighted by molar-refractivity contribution is 6.02. The second kappa shape index (κ2) is 8.66. The van der Waals surface area contributed by atoms with E-state index in [2.05, 4.69) is 20.8 Å². The fourth-order valence-electron chi connectivity index (χ4n) is 2.37. The summed E-state index contributed by atoms with van der Waals surface area (Å²) >= 11 is 0. The number of carbonyl (C=O) groups is 1. The molecule has 0 spiro atoms. The lowest BCUT2D eigenvalue weighted by molar-refractivity contribution is 0.102. The molecule has 27 heavy (non-hydrogen) atoms. The van der Waals surface area contributed by atoms with Gasteiger partial charge in [0.2, 0.25) is 0 Å². The summed E-state index contributed by atoms with van der Waals surface area (Å²) in [4.78, 5) is 12.3. The molecular weight excluding hydrogens is 344 g/mol. The molecule has 2 aromatic carbocycles. The lowest BCUT2D eigenvalue weighted by Crippen LogP contribution is -2.14. The fraction of sp³-hybridized carbons (Fsp3) is 0.150. The molecule has 0 bridgehead atoms. The second-order valence-electron chi connectivity index (χ2n) is 5.57. The standard InChI is InChI=1S/C20H20N4O3/c1-3-27-16-9-7-14(8-10-16)21-19-12-11-18(23-24-19)20(25)22-15-5-4-6-17(13-15)26-2/h4-13H,3H2,1-2H3,(H,21,24)(H,22,25). The van der Waals surface area contributed by atoms with Crippen molar-refractivity contribution in [2.45, 2.75) is 6.92 Å². The van der Waals surface area contributed by atoms with E-state index in [1.807, 2.05) is 31.2 Å². The van der Waals surface area contributed by atoms with Crippen LogP contribution < -0.4 is 20.1 Å². The average molecular weight is 364 g/mol. The van der Waals surface area contributed by atoms with E-state index in [0.29, 0.717) is 23.9 Å². The zero-order chi connectivity index (χ0) is 19.1. The number of rotatable bonds is 7. The van der Waals surface area contributed by atoms with Gasteiger partial charge in [-0.15, -0.1) is 10.2 Å². The Bertz CT molecular complexity index is 896. The molecule has 1 amide bonds. The molecule has 0 aliphatic rings. The Balaban J connectivity index is 1.62. The number of nitrogens with zero attached hydrogens (tertiary/aromatic N) is 2. The summed E-state index contributed by atoms with van der Waals surface area (Å²) in [5, 5.41) is 13.9. The molecule has 0 aliphatic heterocycles. The first-order valence-corrected chi connectivity index (χ1v) is 8.47. The van der Waals surface area contributed by atoms with Crippen molar-refractivity contribution in [2.75, 3.05) is 24.4 Å². The van der Waals surface area contributed by atoms with Gasteiger partial charge in [0.05, 0.1) is 13.7 Å². The predicted molar refractivity (Wildman–Crippen MR) is 104 cm³/mol. The van der Waals surface area contributed by atoms with Crippen LogP contribution in [0.2, 0.25) is 0 Å². The van der Waals surface area contributed by atoms with Crippen LogP contribution in [0.25, 0.3) is 0 Å². The van der Waals surface area contributed by atoms with Gasteiger partial charge in [0.15, 0.2) is 11.5 Å². The van der Waals surface area contributed by atoms with Gasteiger partial charge in [0, 0.05) is 17.4 Å². The van der Waals surface area contributed by atoms with Gasteiger partial charge < -0.3 is 20.1 Å². The number of methoxy groups -OCH3 is 1. The SMILES string of the molecule is CCOc1ccc(Nc2ccc(C(=O)Nc3cccc(OC)c3)nn2)cc1. The first-order chi connectivity index (χ1) is 13.2. The van der Waals surface area contributed by atoms with Crippen LogP contribution in [0.15, 0.2) is 60.7 Å². The zero-order valence-corrected chi connectivity index (χ0v) is 15.1. The van der Waals surface area contributed by atoms with E-state index < -0.39 is 0 Å². The summed E-state index contributed by atoms with van der Waals surface area (Å²) in [6, 6.07) is 17.9. The number of hydrogen-bond acceptors (Lipinski definition) is 6. The van der Waals surface area contributed by atoms with Crippen molar-refractivity contribution in [1.82, 2.24) is 10.2 Å². The smallest absolute Gasteiger partial charge is 0.276 e. The monoisotopic (exact) mass is 364 g/mol. The summed E-state index contributed by atoms with van der Waals surface area (Å²) in [6.07, 6.45) is 0. The van der Waals surface area contributed by atoms with Crippen LogP contribution in [0.4, 0.5) is 17.2 Å². The van der Waals surface area contributed by atoms with Crippen molar-refractivity contribution in [3.8, 4) is 11.5 Å². The molecule has 1 heterocycles. The number of anilines is 3. The van der Waals surface area contributed by atoms with Crippen LogP contribution in [0.3, 0.4) is 0 Å². The Morgan fingerprint density at radius 2 is 1.78 bits per heavy atom. The number of ether oxygens (including phenoxy) is 2. The van der Waals surface area contributed by atoms with Crippen molar-refractivity contribution < 1.29 is 14.3 Å². The summed E-state index contributed by atoms with van der Waals surface area (Å²) in [5.74, 6) is 1.66. The fourth-order valence-corrected chi connectivity index (χ4v) is 2.37. The van der Waals surface area contributed by atoms with Crippen molar-refractivity contribution in [3.63, 3.8) is 0 Å². The van der Waals surface area contributed by atoms with Crippen LogP contribution in [0.1, 0.15) is 17.4 Å². The van der Waals surface area contributed by atoms with E-state index in [1.54, 1.807) is 43.5 Å². The average Bonchev–Trinajstić information content (AvgIpc) is 2.70. The number of hydrogen-bond donors (Lipinski definition) is 2. The first kappa shape index (κ1) is 18.2. The lowest BCUT2D eigenvalue weighted by Gasteiger charge is -2.08. The molecule has 0 aliphatic carbocycles. The van der Waals surface area contributed by atoms with Gasteiger partial charge in [-0.25, -0.2) is 0 Å². The topological polar surface area (TPSA) is 85.4 Å². The lowest BCUT2D eigenvalue weighted by atomic mass is 10.2. The van der Waals surface area contributed by atoms with Crippen LogP contribution in [0, 0.1) is 0 Å². The quantitative estimate of drug-likeness (QED) is 0.662. The summed E-state index contributed by atoms with van der Waals surface area (Å²) in [5.41, 5.74) is 1.69. The van der Waals surface area contributed by atoms with Crippen molar-refractivity contribution >= 4 is 23.1 Å². The molecule has 0 fully saturated rings. The maximum absolute atomic E-state index is 12.3. The minimum atomic E-state index is -0.344. The third kappa shape index (κ3) is 4.94. The number of amides is 1. The van der Waals surface area contributed by atoms with Crippen LogP contribution >= 0.6 is 0 Å². The Kier molecular flexibility index (Phi) is 5.84. The Hall–Kier alpha value is -3.61. The molecule has 1 aromatic heterocycles. The highest BCUT2D eigenvalue weighted by Gasteiger charge is 2.09. The van der Waals surface area contributed by atoms with Gasteiger partial charge in [0.25, 0.3) is 5.91 Å². The third-order valence-corrected chi connectivity index (χ3v) is 3.66. The number of aromatic nitrogens is 2. The number of carbonyl (C=O) groups excluding carboxylic acids is 1. The maximum Gasteiger partial charge on any atom is 0.276 e. The first-order valence-electron chi connectivity index (χ1n) is 8.47. The van der Waals surface area contributed by atoms with Crippen LogP contribution in [-0.4, -0.2) is 29.8 Å². The third-order valence-electron chi connectivity index (χ3n) is 3.66. The van der Waals surface area contributed by atoms with Crippen molar-refractivity contribution in [1.29, 1.82) is 0 Å². The molecule has 2 N–H and O–H groups in total. The normalized spacial score (nSPS) is 10.1. The van der Waals surface area contributed by atoms with E-state index in [0.717, 1.165) is 11.4 Å². The highest BCUT2D eigenvalue weighted by Crippen LogP contribution is 2.19. The molecule has 138 valence electrons. The van der Waals surface area contributed by atoms with E-state index in [4.69, 9.17) is 9.47 Å². The molecule has 0 unspecified atom stereocenters. The molecular formula is C20H20N4O3. The van der Waals surface area contributed by atoms with Gasteiger partial charge in [0.1, 0.15) is 11.5 Å². The van der Waals surface area contributed by atoms with Gasteiger partial charge in [-0.3, -0.25) is 4.79 Å². The minimum absolute atomic E-state index is 0.218. The Morgan fingerprint density at radius 1 is 0.963 bits per heavy atom. The molecule has 0 atom stereocenters. The van der Waals surface area contributed by atoms with E-state index in [-0.39, 0.29) is 11.6 Å². The second-order valence-corrected chi connectivity index (χ2v) is 5.57. The van der Waals surface area contributed by atoms with E-state index in [9.17, 15) is 4.79 Å². The molecule has 7 heteroatoms. The van der Waals surface area contributed by atoms with Gasteiger partial charge in [-0.05, 0) is 55.5 Å². The van der Waals surface area contributed by atoms with E-state index >= 15 is 0 Å². The van der Waals surface area contributed by atoms with Gasteiger partial charge in [-0.2, -0.15) is 0 Å². The summed E-state index contributed by atoms with van der Waals surface area (Å²) in [7, 11) is 1.57. The summed E-state index contributed by atoms with van der Waals surface area (Å²) in [6.45, 7) is 2.56. The van der Waals surface area contributed by atoms with Crippen LogP contribution in [-0.2, 0) is 0 Å². The molecule has 3 rings (SSSR count). The minimum Gasteiger partial charge on any atom is -0.497 e. The largest absolute Gasteiger partial charge is 0.497 e. The highest BCUT2D eigenvalue weighted by atomic mass is 16.5. The summed E-state index contributed by atoms with van der Waals surface area (Å²) < 4.78 is 10.5. The van der Waals surface area contributed by atoms with E-state index in [1.165, 1.54) is 0 Å². The zero-order valence-electron chi connectivity index (χ0n) is 15.1. The maximum atomic E-state index is 12.3. The molecule has 7 nitrogen and oxygen atoms in total. The van der Waals surface area contributed by atoms with Crippen LogP contribution in [0.5, 0.6) is 11.5 Å². The Morgan fingerprint density at radius 3 is 2.44 bits per heavy atom. The molecule has 0 radical (unpaired) electrons. The van der Waals surface area contributed by atoms with Gasteiger partial charge >= 0.3 is 0 Å². The molecule has 0 saturated heterocycles. The predicted octanol–water partition coefficient (Wildman–Crippen LogP) is 3.88. The van der Waals surface area contributed by atoms with Gasteiger partial charge in [-0.1, -0.05) is 6.07 Å². The molecule has 3 aromatic rings. The number of benzene rings is 2. The van der Waals surface area contributed by atoms with Crippen molar-refractivity contribution in [3.05, 3.63) is 66.4 Å². The van der Waals surface area contributed by atoms with Crippen molar-refractivity contribution in [2.24, 2.45) is 0 Å². The Labute approximate surface area is 157 Å². The molecule has 0 saturated carbocycles.